The van der Waals surface area contributed by atoms with E-state index in [1.165, 1.54) is 5.56 Å². The van der Waals surface area contributed by atoms with Crippen molar-refractivity contribution in [1.29, 1.82) is 0 Å². The predicted molar refractivity (Wildman–Crippen MR) is 154 cm³/mol. The number of fused-ring (bicyclic) bond motifs is 1. The van der Waals surface area contributed by atoms with E-state index < -0.39 is 23.4 Å². The zero-order chi connectivity index (χ0) is 29.0. The monoisotopic (exact) mass is 533 g/mol. The van der Waals surface area contributed by atoms with Crippen molar-refractivity contribution in [1.82, 2.24) is 20.6 Å². The first-order valence-corrected chi connectivity index (χ1v) is 12.9. The van der Waals surface area contributed by atoms with Gasteiger partial charge in [-0.25, -0.2) is 24.5 Å². The van der Waals surface area contributed by atoms with Crippen molar-refractivity contribution in [2.24, 2.45) is 4.99 Å². The summed E-state index contributed by atoms with van der Waals surface area (Å²) in [5.41, 5.74) is 1.94. The fraction of sp³-hybridized carbons (Fsp3) is 0.433. The molecule has 2 amide bonds. The average molecular weight is 534 g/mol. The number of ether oxygens (including phenoxy) is 2. The summed E-state index contributed by atoms with van der Waals surface area (Å²) in [4.78, 5) is 39.1. The SMILES string of the molecule is CC(C)(C)OC(=O)NC(=NCc1nc(-c2cccc(C(C)(C)C)c2)nc2ccccc12)NC(=O)OC(C)(C)C. The molecule has 2 N–H and O–H groups in total. The minimum atomic E-state index is -0.760. The zero-order valence-electron chi connectivity index (χ0n) is 24.3. The smallest absolute Gasteiger partial charge is 0.414 e. The molecule has 0 aliphatic heterocycles. The summed E-state index contributed by atoms with van der Waals surface area (Å²) >= 11 is 0. The standard InChI is InChI=1S/C30H39N5O4/c1-28(2,3)20-14-12-13-19(17-20)24-32-22-16-11-10-15-21(22)23(33-24)18-31-25(34-26(36)38-29(4,5)6)35-27(37)39-30(7,8)9/h10-17H,18H2,1-9H3,(H2,31,34,35,36,37). The summed E-state index contributed by atoms with van der Waals surface area (Å²) in [6.45, 7) is 17.0. The number of nitrogens with one attached hydrogen (secondary N) is 2. The summed E-state index contributed by atoms with van der Waals surface area (Å²) in [5.74, 6) is 0.448. The third-order valence-electron chi connectivity index (χ3n) is 5.29. The third kappa shape index (κ3) is 9.05. The summed E-state index contributed by atoms with van der Waals surface area (Å²) in [7, 11) is 0. The predicted octanol–water partition coefficient (Wildman–Crippen LogP) is 6.50. The second-order valence-corrected chi connectivity index (χ2v) is 12.3. The van der Waals surface area contributed by atoms with Crippen LogP contribution >= 0.6 is 0 Å². The van der Waals surface area contributed by atoms with Gasteiger partial charge in [0.25, 0.3) is 0 Å². The number of para-hydroxylation sites is 1. The molecule has 1 heterocycles. The van der Waals surface area contributed by atoms with Gasteiger partial charge in [0.2, 0.25) is 5.96 Å². The molecule has 0 saturated heterocycles. The van der Waals surface area contributed by atoms with E-state index in [-0.39, 0.29) is 17.9 Å². The van der Waals surface area contributed by atoms with Crippen molar-refractivity contribution in [3.63, 3.8) is 0 Å². The molecule has 0 atom stereocenters. The van der Waals surface area contributed by atoms with Crippen molar-refractivity contribution in [2.45, 2.75) is 85.5 Å². The van der Waals surface area contributed by atoms with Gasteiger partial charge in [0.1, 0.15) is 11.2 Å². The maximum atomic E-state index is 12.5. The number of alkyl carbamates (subject to hydrolysis) is 2. The van der Waals surface area contributed by atoms with E-state index in [9.17, 15) is 9.59 Å². The summed E-state index contributed by atoms with van der Waals surface area (Å²) < 4.78 is 10.7. The molecule has 0 bridgehead atoms. The van der Waals surface area contributed by atoms with Gasteiger partial charge in [0, 0.05) is 10.9 Å². The van der Waals surface area contributed by atoms with E-state index in [2.05, 4.69) is 48.5 Å². The number of nitrogens with zero attached hydrogens (tertiary/aromatic N) is 3. The lowest BCUT2D eigenvalue weighted by atomic mass is 9.86. The number of hydrogen-bond donors (Lipinski definition) is 2. The van der Waals surface area contributed by atoms with E-state index in [4.69, 9.17) is 19.4 Å². The quantitative estimate of drug-likeness (QED) is 0.293. The molecule has 9 heteroatoms. The van der Waals surface area contributed by atoms with Crippen LogP contribution in [0.25, 0.3) is 22.3 Å². The van der Waals surface area contributed by atoms with Crippen LogP contribution in [0.15, 0.2) is 53.5 Å². The molecular formula is C30H39N5O4. The van der Waals surface area contributed by atoms with Crippen LogP contribution in [0.5, 0.6) is 0 Å². The second kappa shape index (κ2) is 11.4. The molecule has 2 aromatic carbocycles. The van der Waals surface area contributed by atoms with Crippen LogP contribution in [0, 0.1) is 0 Å². The Bertz CT molecular complexity index is 1350. The minimum Gasteiger partial charge on any atom is -0.444 e. The van der Waals surface area contributed by atoms with Crippen LogP contribution in [0.2, 0.25) is 0 Å². The van der Waals surface area contributed by atoms with Gasteiger partial charge in [-0.2, -0.15) is 0 Å². The van der Waals surface area contributed by atoms with Gasteiger partial charge in [-0.05, 0) is 64.7 Å². The molecule has 3 rings (SSSR count). The molecule has 0 spiro atoms. The van der Waals surface area contributed by atoms with E-state index in [0.717, 1.165) is 16.5 Å². The maximum absolute atomic E-state index is 12.5. The fourth-order valence-corrected chi connectivity index (χ4v) is 3.58. The van der Waals surface area contributed by atoms with E-state index >= 15 is 0 Å². The molecule has 0 aliphatic rings. The van der Waals surface area contributed by atoms with E-state index in [1.54, 1.807) is 41.5 Å². The van der Waals surface area contributed by atoms with Crippen LogP contribution in [-0.2, 0) is 21.4 Å². The van der Waals surface area contributed by atoms with Crippen LogP contribution in [-0.4, -0.2) is 39.3 Å². The van der Waals surface area contributed by atoms with Gasteiger partial charge in [-0.3, -0.25) is 10.6 Å². The van der Waals surface area contributed by atoms with Crippen molar-refractivity contribution in [2.75, 3.05) is 0 Å². The summed E-state index contributed by atoms with van der Waals surface area (Å²) in [6, 6.07) is 15.8. The van der Waals surface area contributed by atoms with Gasteiger partial charge >= 0.3 is 12.2 Å². The highest BCUT2D eigenvalue weighted by atomic mass is 16.6. The van der Waals surface area contributed by atoms with Gasteiger partial charge in [-0.1, -0.05) is 57.2 Å². The van der Waals surface area contributed by atoms with Gasteiger partial charge in [0.05, 0.1) is 17.8 Å². The molecule has 0 radical (unpaired) electrons. The molecule has 0 fully saturated rings. The van der Waals surface area contributed by atoms with Crippen LogP contribution in [0.3, 0.4) is 0 Å². The highest BCUT2D eigenvalue weighted by molar-refractivity contribution is 6.01. The highest BCUT2D eigenvalue weighted by Gasteiger charge is 2.22. The van der Waals surface area contributed by atoms with Crippen molar-refractivity contribution in [3.8, 4) is 11.4 Å². The fourth-order valence-electron chi connectivity index (χ4n) is 3.58. The molecule has 1 aromatic heterocycles. The number of guanidine groups is 1. The molecule has 208 valence electrons. The topological polar surface area (TPSA) is 115 Å². The lowest BCUT2D eigenvalue weighted by Crippen LogP contribution is -2.47. The number of aromatic nitrogens is 2. The normalized spacial score (nSPS) is 12.0. The minimum absolute atomic E-state index is 0.0322. The van der Waals surface area contributed by atoms with Gasteiger partial charge in [0.15, 0.2) is 5.82 Å². The number of benzene rings is 2. The molecule has 0 unspecified atom stereocenters. The average Bonchev–Trinajstić information content (AvgIpc) is 2.79. The number of amides is 2. The van der Waals surface area contributed by atoms with Crippen molar-refractivity contribution >= 4 is 29.0 Å². The van der Waals surface area contributed by atoms with Gasteiger partial charge < -0.3 is 9.47 Å². The number of rotatable bonds is 3. The third-order valence-corrected chi connectivity index (χ3v) is 5.29. The van der Waals surface area contributed by atoms with Crippen LogP contribution < -0.4 is 10.6 Å². The van der Waals surface area contributed by atoms with Gasteiger partial charge in [-0.15, -0.1) is 0 Å². The first-order valence-electron chi connectivity index (χ1n) is 12.9. The zero-order valence-corrected chi connectivity index (χ0v) is 24.3. The number of carbonyl (C=O) groups is 2. The number of carbonyl (C=O) groups excluding carboxylic acids is 2. The van der Waals surface area contributed by atoms with Crippen molar-refractivity contribution < 1.29 is 19.1 Å². The Morgan fingerprint density at radius 3 is 1.95 bits per heavy atom. The molecular weight excluding hydrogens is 494 g/mol. The Labute approximate surface area is 230 Å². The molecule has 9 nitrogen and oxygen atoms in total. The van der Waals surface area contributed by atoms with Crippen LogP contribution in [0.4, 0.5) is 9.59 Å². The number of aliphatic imine (C=N–C) groups is 1. The molecule has 39 heavy (non-hydrogen) atoms. The number of hydrogen-bond acceptors (Lipinski definition) is 7. The van der Waals surface area contributed by atoms with Crippen molar-refractivity contribution in [3.05, 3.63) is 59.8 Å². The molecule has 3 aromatic rings. The summed E-state index contributed by atoms with van der Waals surface area (Å²) in [5, 5.41) is 5.84. The van der Waals surface area contributed by atoms with E-state index in [0.29, 0.717) is 11.5 Å². The Morgan fingerprint density at radius 1 is 0.795 bits per heavy atom. The Hall–Kier alpha value is -4.01. The van der Waals surface area contributed by atoms with Crippen LogP contribution in [0.1, 0.15) is 73.6 Å². The molecule has 0 aliphatic carbocycles. The largest absolute Gasteiger partial charge is 0.444 e. The lowest BCUT2D eigenvalue weighted by Gasteiger charge is -2.22. The lowest BCUT2D eigenvalue weighted by molar-refractivity contribution is 0.0545. The Morgan fingerprint density at radius 2 is 1.38 bits per heavy atom. The molecule has 0 saturated carbocycles. The second-order valence-electron chi connectivity index (χ2n) is 12.3. The Balaban J connectivity index is 2.00. The highest BCUT2D eigenvalue weighted by Crippen LogP contribution is 2.28. The summed E-state index contributed by atoms with van der Waals surface area (Å²) in [6.07, 6.45) is -1.52. The Kier molecular flexibility index (Phi) is 8.63. The maximum Gasteiger partial charge on any atom is 0.414 e. The first kappa shape index (κ1) is 29.5. The van der Waals surface area contributed by atoms with E-state index in [1.807, 2.05) is 36.4 Å². The first-order chi connectivity index (χ1) is 18.0.